The summed E-state index contributed by atoms with van der Waals surface area (Å²) < 4.78 is 19.1. The van der Waals surface area contributed by atoms with Gasteiger partial charge in [-0.15, -0.1) is 6.58 Å². The molecule has 0 fully saturated rings. The molecule has 6 heteroatoms. The minimum atomic E-state index is -1.47. The van der Waals surface area contributed by atoms with Gasteiger partial charge in [0.1, 0.15) is 16.7 Å². The fourth-order valence-corrected chi connectivity index (χ4v) is 1.80. The van der Waals surface area contributed by atoms with E-state index < -0.39 is 21.6 Å². The second-order valence-corrected chi connectivity index (χ2v) is 7.10. The fraction of sp³-hybridized carbons (Fsp3) is 0.429. The van der Waals surface area contributed by atoms with Gasteiger partial charge in [0, 0.05) is 0 Å². The SMILES string of the molecule is C=CCOCc1cccc(C(=O)NS(=O)C(C)(C)C)n1. The van der Waals surface area contributed by atoms with Crippen LogP contribution >= 0.6 is 0 Å². The average Bonchev–Trinajstić information content (AvgIpc) is 2.38. The molecule has 1 aromatic heterocycles. The van der Waals surface area contributed by atoms with Gasteiger partial charge in [-0.05, 0) is 32.9 Å². The van der Waals surface area contributed by atoms with Gasteiger partial charge in [0.2, 0.25) is 0 Å². The standard InChI is InChI=1S/C14H20N2O3S/c1-5-9-19-10-11-7-6-8-12(15-11)13(17)16-20(18)14(2,3)4/h5-8H,1,9-10H2,2-4H3,(H,16,17). The highest BCUT2D eigenvalue weighted by Crippen LogP contribution is 2.09. The van der Waals surface area contributed by atoms with Crippen molar-refractivity contribution in [1.82, 2.24) is 9.71 Å². The van der Waals surface area contributed by atoms with E-state index in [0.29, 0.717) is 18.9 Å². The van der Waals surface area contributed by atoms with Gasteiger partial charge in [-0.25, -0.2) is 9.19 Å². The highest BCUT2D eigenvalue weighted by molar-refractivity contribution is 7.85. The predicted molar refractivity (Wildman–Crippen MR) is 79.5 cm³/mol. The lowest BCUT2D eigenvalue weighted by molar-refractivity contribution is 0.0976. The summed E-state index contributed by atoms with van der Waals surface area (Å²) in [6.45, 7) is 9.64. The summed E-state index contributed by atoms with van der Waals surface area (Å²) in [5, 5.41) is 0. The number of aromatic nitrogens is 1. The van der Waals surface area contributed by atoms with E-state index >= 15 is 0 Å². The summed E-state index contributed by atoms with van der Waals surface area (Å²) >= 11 is 0. The molecule has 1 N–H and O–H groups in total. The van der Waals surface area contributed by atoms with Crippen molar-refractivity contribution in [1.29, 1.82) is 0 Å². The molecule has 0 aromatic carbocycles. The first-order valence-electron chi connectivity index (χ1n) is 6.22. The van der Waals surface area contributed by atoms with Crippen LogP contribution in [0.4, 0.5) is 0 Å². The minimum Gasteiger partial charge on any atom is -0.371 e. The first-order chi connectivity index (χ1) is 9.34. The van der Waals surface area contributed by atoms with Crippen LogP contribution < -0.4 is 4.72 Å². The molecular formula is C14H20N2O3S. The lowest BCUT2D eigenvalue weighted by atomic mass is 10.3. The number of hydrogen-bond acceptors (Lipinski definition) is 4. The number of hydrogen-bond donors (Lipinski definition) is 1. The van der Waals surface area contributed by atoms with Crippen LogP contribution in [0.25, 0.3) is 0 Å². The molecule has 0 saturated heterocycles. The molecule has 0 saturated carbocycles. The smallest absolute Gasteiger partial charge is 0.281 e. The Bertz CT molecular complexity index is 509. The monoisotopic (exact) mass is 296 g/mol. The van der Waals surface area contributed by atoms with E-state index in [0.717, 1.165) is 0 Å². The number of carbonyl (C=O) groups excluding carboxylic acids is 1. The maximum Gasteiger partial charge on any atom is 0.281 e. The number of carbonyl (C=O) groups is 1. The molecule has 0 radical (unpaired) electrons. The van der Waals surface area contributed by atoms with Crippen LogP contribution in [-0.4, -0.2) is 26.5 Å². The fourth-order valence-electron chi connectivity index (χ4n) is 1.22. The quantitative estimate of drug-likeness (QED) is 0.644. The Morgan fingerprint density at radius 2 is 2.20 bits per heavy atom. The van der Waals surface area contributed by atoms with Gasteiger partial charge in [-0.2, -0.15) is 0 Å². The molecule has 0 spiro atoms. The number of ether oxygens (including phenoxy) is 1. The first kappa shape index (κ1) is 16.5. The highest BCUT2D eigenvalue weighted by atomic mass is 32.2. The summed E-state index contributed by atoms with van der Waals surface area (Å²) in [4.78, 5) is 16.1. The van der Waals surface area contributed by atoms with Crippen LogP contribution in [0.5, 0.6) is 0 Å². The molecule has 1 rings (SSSR count). The van der Waals surface area contributed by atoms with Crippen molar-refractivity contribution in [2.45, 2.75) is 32.1 Å². The Kier molecular flexibility index (Phi) is 6.04. The molecule has 5 nitrogen and oxygen atoms in total. The molecule has 1 aromatic rings. The van der Waals surface area contributed by atoms with E-state index in [4.69, 9.17) is 4.74 Å². The zero-order valence-corrected chi connectivity index (χ0v) is 12.8. The second kappa shape index (κ2) is 7.31. The van der Waals surface area contributed by atoms with Crippen LogP contribution in [0.2, 0.25) is 0 Å². The van der Waals surface area contributed by atoms with Gasteiger partial charge < -0.3 is 4.74 Å². The van der Waals surface area contributed by atoms with Gasteiger partial charge in [0.25, 0.3) is 5.91 Å². The van der Waals surface area contributed by atoms with Crippen LogP contribution in [0.1, 0.15) is 37.0 Å². The summed E-state index contributed by atoms with van der Waals surface area (Å²) in [6.07, 6.45) is 1.64. The normalized spacial score (nSPS) is 12.8. The summed E-state index contributed by atoms with van der Waals surface area (Å²) in [5.74, 6) is -0.455. The molecule has 1 heterocycles. The maximum absolute atomic E-state index is 12.0. The molecule has 1 amide bonds. The van der Waals surface area contributed by atoms with E-state index in [9.17, 15) is 9.00 Å². The van der Waals surface area contributed by atoms with Gasteiger partial charge in [-0.3, -0.25) is 9.52 Å². The Labute approximate surface area is 122 Å². The third-order valence-corrected chi connectivity index (χ3v) is 3.75. The van der Waals surface area contributed by atoms with Crippen molar-refractivity contribution in [3.63, 3.8) is 0 Å². The van der Waals surface area contributed by atoms with Gasteiger partial charge in [0.05, 0.1) is 23.7 Å². The Balaban J connectivity index is 2.71. The van der Waals surface area contributed by atoms with E-state index in [1.807, 2.05) is 0 Å². The Hall–Kier alpha value is -1.53. The third kappa shape index (κ3) is 5.22. The summed E-state index contributed by atoms with van der Waals surface area (Å²) in [6, 6.07) is 5.06. The molecule has 0 bridgehead atoms. The topological polar surface area (TPSA) is 68.3 Å². The lowest BCUT2D eigenvalue weighted by Gasteiger charge is -2.17. The molecule has 20 heavy (non-hydrogen) atoms. The Morgan fingerprint density at radius 1 is 1.50 bits per heavy atom. The number of amides is 1. The van der Waals surface area contributed by atoms with Crippen LogP contribution in [0, 0.1) is 0 Å². The van der Waals surface area contributed by atoms with Crippen molar-refractivity contribution in [2.75, 3.05) is 6.61 Å². The number of rotatable bonds is 6. The molecule has 110 valence electrons. The van der Waals surface area contributed by atoms with E-state index in [1.165, 1.54) is 0 Å². The average molecular weight is 296 g/mol. The van der Waals surface area contributed by atoms with Gasteiger partial charge >= 0.3 is 0 Å². The third-order valence-electron chi connectivity index (χ3n) is 2.27. The summed E-state index contributed by atoms with van der Waals surface area (Å²) in [5.41, 5.74) is 0.864. The lowest BCUT2D eigenvalue weighted by Crippen LogP contribution is -2.37. The molecule has 0 aliphatic heterocycles. The second-order valence-electron chi connectivity index (χ2n) is 5.13. The summed E-state index contributed by atoms with van der Waals surface area (Å²) in [7, 11) is -1.47. The van der Waals surface area contributed by atoms with Crippen molar-refractivity contribution in [3.05, 3.63) is 42.2 Å². The van der Waals surface area contributed by atoms with Gasteiger partial charge in [-0.1, -0.05) is 12.1 Å². The van der Waals surface area contributed by atoms with E-state index in [2.05, 4.69) is 16.3 Å². The zero-order chi connectivity index (χ0) is 15.2. The van der Waals surface area contributed by atoms with Crippen LogP contribution in [-0.2, 0) is 22.3 Å². The van der Waals surface area contributed by atoms with Crippen LogP contribution in [0.15, 0.2) is 30.9 Å². The molecule has 0 aliphatic rings. The van der Waals surface area contributed by atoms with E-state index in [-0.39, 0.29) is 5.69 Å². The van der Waals surface area contributed by atoms with Crippen molar-refractivity contribution in [3.8, 4) is 0 Å². The number of nitrogens with one attached hydrogen (secondary N) is 1. The van der Waals surface area contributed by atoms with Gasteiger partial charge in [0.15, 0.2) is 0 Å². The number of nitrogens with zero attached hydrogens (tertiary/aromatic N) is 1. The number of pyridine rings is 1. The predicted octanol–water partition coefficient (Wildman–Crippen LogP) is 1.98. The molecular weight excluding hydrogens is 276 g/mol. The first-order valence-corrected chi connectivity index (χ1v) is 7.37. The Morgan fingerprint density at radius 3 is 2.80 bits per heavy atom. The molecule has 1 unspecified atom stereocenters. The van der Waals surface area contributed by atoms with Crippen LogP contribution in [0.3, 0.4) is 0 Å². The maximum atomic E-state index is 12.0. The highest BCUT2D eigenvalue weighted by Gasteiger charge is 2.22. The van der Waals surface area contributed by atoms with E-state index in [1.54, 1.807) is 45.0 Å². The van der Waals surface area contributed by atoms with Crippen molar-refractivity contribution < 1.29 is 13.7 Å². The molecule has 0 aliphatic carbocycles. The van der Waals surface area contributed by atoms with Crippen molar-refractivity contribution in [2.24, 2.45) is 0 Å². The molecule has 1 atom stereocenters. The van der Waals surface area contributed by atoms with Crippen molar-refractivity contribution >= 4 is 16.9 Å². The largest absolute Gasteiger partial charge is 0.371 e. The minimum absolute atomic E-state index is 0.224. The zero-order valence-electron chi connectivity index (χ0n) is 12.0.